The molecule has 21 heavy (non-hydrogen) atoms. The van der Waals surface area contributed by atoms with Gasteiger partial charge in [-0.3, -0.25) is 10.1 Å². The Morgan fingerprint density at radius 3 is 2.48 bits per heavy atom. The summed E-state index contributed by atoms with van der Waals surface area (Å²) in [5, 5.41) is 14.3. The summed E-state index contributed by atoms with van der Waals surface area (Å²) in [7, 11) is 1.77. The molecule has 1 aromatic heterocycles. The van der Waals surface area contributed by atoms with Gasteiger partial charge in [0.2, 0.25) is 5.82 Å². The zero-order valence-corrected chi connectivity index (χ0v) is 12.3. The third-order valence-electron chi connectivity index (χ3n) is 3.15. The van der Waals surface area contributed by atoms with Crippen LogP contribution in [0.1, 0.15) is 12.5 Å². The van der Waals surface area contributed by atoms with Crippen LogP contribution >= 0.6 is 0 Å². The van der Waals surface area contributed by atoms with Crippen LogP contribution in [-0.4, -0.2) is 23.5 Å². The second kappa shape index (κ2) is 6.21. The summed E-state index contributed by atoms with van der Waals surface area (Å²) < 4.78 is 0. The Bertz CT molecular complexity index is 641. The monoisotopic (exact) mass is 286 g/mol. The van der Waals surface area contributed by atoms with Crippen LogP contribution in [0.5, 0.6) is 0 Å². The number of pyridine rings is 1. The zero-order chi connectivity index (χ0) is 15.4. The first-order valence-corrected chi connectivity index (χ1v) is 6.72. The maximum absolute atomic E-state index is 11.2. The van der Waals surface area contributed by atoms with Gasteiger partial charge in [0.1, 0.15) is 5.82 Å². The minimum Gasteiger partial charge on any atom is -0.370 e. The van der Waals surface area contributed by atoms with Crippen LogP contribution in [0, 0.1) is 17.0 Å². The molecule has 0 saturated heterocycles. The van der Waals surface area contributed by atoms with E-state index in [-0.39, 0.29) is 5.69 Å². The van der Waals surface area contributed by atoms with Gasteiger partial charge >= 0.3 is 5.69 Å². The molecule has 1 N–H and O–H groups in total. The Labute approximate surface area is 123 Å². The highest BCUT2D eigenvalue weighted by Gasteiger charge is 2.20. The van der Waals surface area contributed by atoms with Crippen molar-refractivity contribution in [3.8, 4) is 0 Å². The van der Waals surface area contributed by atoms with Gasteiger partial charge in [-0.2, -0.15) is 0 Å². The molecule has 0 unspecified atom stereocenters. The molecule has 0 amide bonds. The summed E-state index contributed by atoms with van der Waals surface area (Å²) in [6.45, 7) is 4.65. The molecule has 0 fully saturated rings. The first kappa shape index (κ1) is 14.8. The Kier molecular flexibility index (Phi) is 4.37. The van der Waals surface area contributed by atoms with Gasteiger partial charge in [-0.05, 0) is 32.0 Å². The molecule has 110 valence electrons. The fourth-order valence-electron chi connectivity index (χ4n) is 2.00. The predicted octanol–water partition coefficient (Wildman–Crippen LogP) is 3.50. The fraction of sp³-hybridized carbons (Fsp3) is 0.267. The van der Waals surface area contributed by atoms with E-state index in [1.165, 1.54) is 6.07 Å². The molecule has 6 nitrogen and oxygen atoms in total. The smallest absolute Gasteiger partial charge is 0.312 e. The zero-order valence-electron chi connectivity index (χ0n) is 12.3. The van der Waals surface area contributed by atoms with Crippen molar-refractivity contribution in [2.45, 2.75) is 13.8 Å². The first-order valence-electron chi connectivity index (χ1n) is 6.72. The Morgan fingerprint density at radius 1 is 1.24 bits per heavy atom. The van der Waals surface area contributed by atoms with Gasteiger partial charge in [-0.15, -0.1) is 0 Å². The van der Waals surface area contributed by atoms with E-state index in [9.17, 15) is 10.1 Å². The van der Waals surface area contributed by atoms with Gasteiger partial charge in [0.05, 0.1) is 4.92 Å². The topological polar surface area (TPSA) is 71.3 Å². The van der Waals surface area contributed by atoms with Gasteiger partial charge < -0.3 is 10.2 Å². The van der Waals surface area contributed by atoms with E-state index < -0.39 is 4.92 Å². The Morgan fingerprint density at radius 2 is 1.90 bits per heavy atom. The van der Waals surface area contributed by atoms with Crippen molar-refractivity contribution in [3.05, 3.63) is 52.1 Å². The molecule has 0 aliphatic rings. The van der Waals surface area contributed by atoms with Crippen LogP contribution in [0.15, 0.2) is 36.4 Å². The summed E-state index contributed by atoms with van der Waals surface area (Å²) in [6, 6.07) is 10.9. The molecule has 0 spiro atoms. The summed E-state index contributed by atoms with van der Waals surface area (Å²) in [5.74, 6) is 0.944. The number of aromatic nitrogens is 1. The minimum absolute atomic E-state index is 0.0141. The number of nitrogens with zero attached hydrogens (tertiary/aromatic N) is 3. The van der Waals surface area contributed by atoms with Gasteiger partial charge in [0, 0.05) is 25.3 Å². The van der Waals surface area contributed by atoms with Crippen molar-refractivity contribution < 1.29 is 4.92 Å². The van der Waals surface area contributed by atoms with E-state index in [2.05, 4.69) is 10.3 Å². The molecular formula is C15H18N4O2. The fourth-order valence-corrected chi connectivity index (χ4v) is 2.00. The highest BCUT2D eigenvalue weighted by Crippen LogP contribution is 2.31. The number of anilines is 3. The normalized spacial score (nSPS) is 10.2. The van der Waals surface area contributed by atoms with Gasteiger partial charge in [-0.1, -0.05) is 17.7 Å². The SMILES string of the molecule is CCNc1ccc([N+](=O)[O-])c(N(C)c2ccc(C)cc2)n1. The van der Waals surface area contributed by atoms with Crippen LogP contribution in [-0.2, 0) is 0 Å². The molecule has 0 atom stereocenters. The molecule has 0 aliphatic carbocycles. The molecular weight excluding hydrogens is 268 g/mol. The number of hydrogen-bond acceptors (Lipinski definition) is 5. The summed E-state index contributed by atoms with van der Waals surface area (Å²) >= 11 is 0. The quantitative estimate of drug-likeness (QED) is 0.673. The second-order valence-corrected chi connectivity index (χ2v) is 4.72. The maximum atomic E-state index is 11.2. The average molecular weight is 286 g/mol. The lowest BCUT2D eigenvalue weighted by Gasteiger charge is -2.19. The van der Waals surface area contributed by atoms with Crippen LogP contribution in [0.3, 0.4) is 0 Å². The Hall–Kier alpha value is -2.63. The number of nitro groups is 1. The highest BCUT2D eigenvalue weighted by atomic mass is 16.6. The molecule has 0 saturated carbocycles. The third-order valence-corrected chi connectivity index (χ3v) is 3.15. The van der Waals surface area contributed by atoms with E-state index in [1.807, 2.05) is 38.1 Å². The first-order chi connectivity index (χ1) is 10.0. The van der Waals surface area contributed by atoms with Crippen LogP contribution in [0.2, 0.25) is 0 Å². The standard InChI is InChI=1S/C15H18N4O2/c1-4-16-14-10-9-13(19(20)21)15(17-14)18(3)12-7-5-11(2)6-8-12/h5-10H,4H2,1-3H3,(H,16,17). The van der Waals surface area contributed by atoms with Gasteiger partial charge in [-0.25, -0.2) is 4.98 Å². The molecule has 0 radical (unpaired) electrons. The second-order valence-electron chi connectivity index (χ2n) is 4.72. The van der Waals surface area contributed by atoms with E-state index in [0.29, 0.717) is 18.2 Å². The number of rotatable bonds is 5. The van der Waals surface area contributed by atoms with Crippen molar-refractivity contribution in [2.75, 3.05) is 23.8 Å². The molecule has 1 aromatic carbocycles. The largest absolute Gasteiger partial charge is 0.370 e. The van der Waals surface area contributed by atoms with Crippen LogP contribution in [0.25, 0.3) is 0 Å². The summed E-state index contributed by atoms with van der Waals surface area (Å²) in [6.07, 6.45) is 0. The Balaban J connectivity index is 2.46. The molecule has 0 bridgehead atoms. The maximum Gasteiger partial charge on any atom is 0.312 e. The van der Waals surface area contributed by atoms with E-state index in [1.54, 1.807) is 18.0 Å². The van der Waals surface area contributed by atoms with Gasteiger partial charge in [0.25, 0.3) is 0 Å². The van der Waals surface area contributed by atoms with Crippen molar-refractivity contribution in [1.29, 1.82) is 0 Å². The predicted molar refractivity (Wildman–Crippen MR) is 84.3 cm³/mol. The number of aryl methyl sites for hydroxylation is 1. The number of hydrogen-bond donors (Lipinski definition) is 1. The summed E-state index contributed by atoms with van der Waals surface area (Å²) in [4.78, 5) is 16.9. The van der Waals surface area contributed by atoms with Gasteiger partial charge in [0.15, 0.2) is 0 Å². The van der Waals surface area contributed by atoms with E-state index >= 15 is 0 Å². The molecule has 6 heteroatoms. The number of nitrogens with one attached hydrogen (secondary N) is 1. The third kappa shape index (κ3) is 3.28. The lowest BCUT2D eigenvalue weighted by Crippen LogP contribution is -2.14. The lowest BCUT2D eigenvalue weighted by molar-refractivity contribution is -0.384. The van der Waals surface area contributed by atoms with Crippen molar-refractivity contribution >= 4 is 23.0 Å². The minimum atomic E-state index is -0.414. The average Bonchev–Trinajstić information content (AvgIpc) is 2.47. The summed E-state index contributed by atoms with van der Waals surface area (Å²) in [5.41, 5.74) is 1.97. The van der Waals surface area contributed by atoms with Crippen molar-refractivity contribution in [2.24, 2.45) is 0 Å². The van der Waals surface area contributed by atoms with E-state index in [0.717, 1.165) is 11.3 Å². The molecule has 0 aliphatic heterocycles. The number of benzene rings is 1. The highest BCUT2D eigenvalue weighted by molar-refractivity contribution is 5.69. The van der Waals surface area contributed by atoms with Crippen molar-refractivity contribution in [3.63, 3.8) is 0 Å². The van der Waals surface area contributed by atoms with E-state index in [4.69, 9.17) is 0 Å². The van der Waals surface area contributed by atoms with Crippen molar-refractivity contribution in [1.82, 2.24) is 4.98 Å². The van der Waals surface area contributed by atoms with Crippen LogP contribution in [0.4, 0.5) is 23.0 Å². The lowest BCUT2D eigenvalue weighted by atomic mass is 10.2. The molecule has 1 heterocycles. The van der Waals surface area contributed by atoms with Crippen LogP contribution < -0.4 is 10.2 Å². The molecule has 2 aromatic rings. The molecule has 2 rings (SSSR count).